The lowest BCUT2D eigenvalue weighted by atomic mass is 10.0. The fourth-order valence-electron chi connectivity index (χ4n) is 2.70. The van der Waals surface area contributed by atoms with Crippen molar-refractivity contribution in [3.8, 4) is 0 Å². The molecule has 0 atom stereocenters. The molecular weight excluding hydrogens is 274 g/mol. The molecule has 0 aliphatic heterocycles. The zero-order valence-electron chi connectivity index (χ0n) is 12.9. The van der Waals surface area contributed by atoms with Crippen LogP contribution in [0.3, 0.4) is 0 Å². The van der Waals surface area contributed by atoms with Crippen LogP contribution in [-0.4, -0.2) is 23.7 Å². The second kappa shape index (κ2) is 5.72. The minimum Gasteiger partial charge on any atom is -0.391 e. The van der Waals surface area contributed by atoms with Crippen LogP contribution in [-0.2, 0) is 11.3 Å². The molecule has 4 nitrogen and oxygen atoms in total. The molecule has 0 bridgehead atoms. The molecule has 112 valence electrons. The number of benzene rings is 1. The summed E-state index contributed by atoms with van der Waals surface area (Å²) in [5, 5.41) is 19.4. The molecule has 0 spiro atoms. The molecule has 4 heteroatoms. The number of fused-ring (bicyclic) bond motifs is 1. The maximum Gasteiger partial charge on any atom is 0.142 e. The van der Waals surface area contributed by atoms with E-state index in [2.05, 4.69) is 31.1 Å². The Morgan fingerprint density at radius 1 is 1.05 bits per heavy atom. The molecule has 1 aromatic rings. The fourth-order valence-corrected chi connectivity index (χ4v) is 2.70. The first-order valence-electron chi connectivity index (χ1n) is 7.40. The van der Waals surface area contributed by atoms with Crippen LogP contribution in [0.4, 0.5) is 0 Å². The van der Waals surface area contributed by atoms with Crippen molar-refractivity contribution in [1.29, 1.82) is 10.8 Å². The minimum absolute atomic E-state index is 0.214. The Hall–Kier alpha value is -2.49. The third kappa shape index (κ3) is 2.77. The van der Waals surface area contributed by atoms with E-state index in [1.807, 2.05) is 0 Å². The number of nitrogens with one attached hydrogen (secondary N) is 2. The lowest BCUT2D eigenvalue weighted by Crippen LogP contribution is -2.11. The Labute approximate surface area is 130 Å². The summed E-state index contributed by atoms with van der Waals surface area (Å²) in [4.78, 5) is 5.47. The van der Waals surface area contributed by atoms with Crippen molar-refractivity contribution in [2.75, 3.05) is 6.61 Å². The Morgan fingerprint density at radius 3 is 2.59 bits per heavy atom. The van der Waals surface area contributed by atoms with Crippen LogP contribution in [0.25, 0.3) is 0 Å². The van der Waals surface area contributed by atoms with E-state index in [1.165, 1.54) is 22.3 Å². The van der Waals surface area contributed by atoms with Crippen molar-refractivity contribution in [3.63, 3.8) is 0 Å². The fraction of sp³-hybridized carbons (Fsp3) is 0.278. The first-order chi connectivity index (χ1) is 10.5. The molecule has 0 amide bonds. The highest BCUT2D eigenvalue weighted by Crippen LogP contribution is 2.26. The molecule has 0 unspecified atom stereocenters. The summed E-state index contributed by atoms with van der Waals surface area (Å²) in [6.45, 7) is 4.58. The standard InChI is InChI=1S/C18H19N3O/c1-11-7-14-4-6-18(15(14)8-12(11)2)21-22-10-13-3-5-16(19)17(20)9-13/h3,5,7-9,19-20H,4,6,10H2,1-2H3/b19-16?,20-17?,21-18+. The van der Waals surface area contributed by atoms with Crippen molar-refractivity contribution in [3.05, 3.63) is 58.2 Å². The topological polar surface area (TPSA) is 69.3 Å². The number of aryl methyl sites for hydroxylation is 3. The molecule has 22 heavy (non-hydrogen) atoms. The lowest BCUT2D eigenvalue weighted by molar-refractivity contribution is 0.169. The zero-order valence-corrected chi connectivity index (χ0v) is 12.9. The summed E-state index contributed by atoms with van der Waals surface area (Å²) in [7, 11) is 0. The van der Waals surface area contributed by atoms with Crippen LogP contribution in [0.5, 0.6) is 0 Å². The van der Waals surface area contributed by atoms with E-state index in [4.69, 9.17) is 15.7 Å². The van der Waals surface area contributed by atoms with Gasteiger partial charge in [0.15, 0.2) is 0 Å². The SMILES string of the molecule is Cc1cc2c(cc1C)/C(=N/OCC1=CC(=N)C(=N)C=C1)CC2. The average molecular weight is 293 g/mol. The van der Waals surface area contributed by atoms with Gasteiger partial charge in [-0.3, -0.25) is 10.8 Å². The second-order valence-corrected chi connectivity index (χ2v) is 5.78. The number of hydrogen-bond acceptors (Lipinski definition) is 4. The van der Waals surface area contributed by atoms with Crippen molar-refractivity contribution < 1.29 is 4.84 Å². The Morgan fingerprint density at radius 2 is 1.82 bits per heavy atom. The smallest absolute Gasteiger partial charge is 0.142 e. The minimum atomic E-state index is 0.214. The molecule has 1 aromatic carbocycles. The largest absolute Gasteiger partial charge is 0.391 e. The van der Waals surface area contributed by atoms with Crippen LogP contribution in [0.2, 0.25) is 0 Å². The highest BCUT2D eigenvalue weighted by molar-refractivity contribution is 6.49. The van der Waals surface area contributed by atoms with Gasteiger partial charge in [-0.2, -0.15) is 0 Å². The molecule has 0 heterocycles. The van der Waals surface area contributed by atoms with Crippen LogP contribution in [0.1, 0.15) is 28.7 Å². The van der Waals surface area contributed by atoms with Gasteiger partial charge in [-0.1, -0.05) is 17.3 Å². The van der Waals surface area contributed by atoms with Gasteiger partial charge in [0.25, 0.3) is 0 Å². The van der Waals surface area contributed by atoms with E-state index in [-0.39, 0.29) is 11.4 Å². The molecule has 0 radical (unpaired) electrons. The summed E-state index contributed by atoms with van der Waals surface area (Å²) in [5.41, 5.74) is 7.45. The van der Waals surface area contributed by atoms with Crippen molar-refractivity contribution in [2.24, 2.45) is 5.16 Å². The van der Waals surface area contributed by atoms with Gasteiger partial charge in [-0.15, -0.1) is 0 Å². The normalized spacial score (nSPS) is 18.6. The van der Waals surface area contributed by atoms with Crippen LogP contribution < -0.4 is 0 Å². The molecule has 0 fully saturated rings. The van der Waals surface area contributed by atoms with E-state index >= 15 is 0 Å². The van der Waals surface area contributed by atoms with Gasteiger partial charge >= 0.3 is 0 Å². The van der Waals surface area contributed by atoms with Gasteiger partial charge in [-0.05, 0) is 67.2 Å². The van der Waals surface area contributed by atoms with Crippen LogP contribution >= 0.6 is 0 Å². The van der Waals surface area contributed by atoms with Gasteiger partial charge < -0.3 is 4.84 Å². The quantitative estimate of drug-likeness (QED) is 0.650. The van der Waals surface area contributed by atoms with E-state index in [0.717, 1.165) is 24.1 Å². The molecule has 3 rings (SSSR count). The van der Waals surface area contributed by atoms with E-state index in [9.17, 15) is 0 Å². The molecule has 0 aromatic heterocycles. The third-order valence-electron chi connectivity index (χ3n) is 4.15. The monoisotopic (exact) mass is 293 g/mol. The number of rotatable bonds is 3. The predicted molar refractivity (Wildman–Crippen MR) is 89.4 cm³/mol. The number of hydrogen-bond donors (Lipinski definition) is 2. The van der Waals surface area contributed by atoms with Gasteiger partial charge in [-0.25, -0.2) is 0 Å². The zero-order chi connectivity index (χ0) is 15.7. The molecule has 0 saturated carbocycles. The van der Waals surface area contributed by atoms with Crippen molar-refractivity contribution in [1.82, 2.24) is 0 Å². The summed E-state index contributed by atoms with van der Waals surface area (Å²) >= 11 is 0. The number of nitrogens with zero attached hydrogens (tertiary/aromatic N) is 1. The lowest BCUT2D eigenvalue weighted by Gasteiger charge is -2.08. The molecular formula is C18H19N3O. The number of oxime groups is 1. The average Bonchev–Trinajstić information content (AvgIpc) is 2.86. The summed E-state index contributed by atoms with van der Waals surface area (Å²) < 4.78 is 0. The van der Waals surface area contributed by atoms with Gasteiger partial charge in [0, 0.05) is 5.56 Å². The van der Waals surface area contributed by atoms with Gasteiger partial charge in [0.2, 0.25) is 0 Å². The summed E-state index contributed by atoms with van der Waals surface area (Å²) in [6, 6.07) is 4.43. The molecule has 2 aliphatic carbocycles. The van der Waals surface area contributed by atoms with Crippen molar-refractivity contribution in [2.45, 2.75) is 26.7 Å². The summed E-state index contributed by atoms with van der Waals surface area (Å²) in [5.74, 6) is 0. The predicted octanol–water partition coefficient (Wildman–Crippen LogP) is 3.51. The Kier molecular flexibility index (Phi) is 3.75. The van der Waals surface area contributed by atoms with Crippen LogP contribution in [0.15, 0.2) is 41.1 Å². The van der Waals surface area contributed by atoms with E-state index in [0.29, 0.717) is 6.61 Å². The second-order valence-electron chi connectivity index (χ2n) is 5.78. The Balaban J connectivity index is 1.70. The maximum atomic E-state index is 7.62. The first kappa shape index (κ1) is 14.4. The number of allylic oxidation sites excluding steroid dienone is 2. The third-order valence-corrected chi connectivity index (χ3v) is 4.15. The highest BCUT2D eigenvalue weighted by atomic mass is 16.6. The Bertz CT molecular complexity index is 754. The first-order valence-corrected chi connectivity index (χ1v) is 7.40. The van der Waals surface area contributed by atoms with E-state index in [1.54, 1.807) is 18.2 Å². The van der Waals surface area contributed by atoms with Gasteiger partial charge in [0.05, 0.1) is 17.1 Å². The van der Waals surface area contributed by atoms with Gasteiger partial charge in [0.1, 0.15) is 6.61 Å². The summed E-state index contributed by atoms with van der Waals surface area (Å²) in [6.07, 6.45) is 7.00. The van der Waals surface area contributed by atoms with E-state index < -0.39 is 0 Å². The van der Waals surface area contributed by atoms with Crippen LogP contribution in [0, 0.1) is 24.7 Å². The molecule has 2 aliphatic rings. The maximum absolute atomic E-state index is 7.62. The van der Waals surface area contributed by atoms with Crippen molar-refractivity contribution >= 4 is 17.1 Å². The molecule has 2 N–H and O–H groups in total. The molecule has 0 saturated heterocycles. The highest BCUT2D eigenvalue weighted by Gasteiger charge is 2.19.